The van der Waals surface area contributed by atoms with Gasteiger partial charge in [0.1, 0.15) is 0 Å². The summed E-state index contributed by atoms with van der Waals surface area (Å²) in [5, 5.41) is 8.74. The molecule has 2 N–H and O–H groups in total. The molecule has 1 rings (SSSR count). The highest BCUT2D eigenvalue weighted by atomic mass is 14.6. The molecule has 0 bridgehead atoms. The summed E-state index contributed by atoms with van der Waals surface area (Å²) in [6, 6.07) is 8.12. The van der Waals surface area contributed by atoms with Gasteiger partial charge in [-0.05, 0) is 32.4 Å². The normalized spacial score (nSPS) is 11.9. The molecule has 72 valence electrons. The van der Waals surface area contributed by atoms with Crippen molar-refractivity contribution in [1.29, 1.82) is 5.26 Å². The molecule has 2 nitrogen and oxygen atoms in total. The molecule has 0 saturated carbocycles. The van der Waals surface area contributed by atoms with Crippen molar-refractivity contribution in [1.82, 2.24) is 0 Å². The van der Waals surface area contributed by atoms with Crippen molar-refractivity contribution in [3.63, 3.8) is 0 Å². The highest BCUT2D eigenvalue weighted by Gasteiger charge is 2.04. The second-order valence-electron chi connectivity index (χ2n) is 3.47. The van der Waals surface area contributed by atoms with Crippen LogP contribution in [0.25, 0.3) is 5.70 Å². The predicted octanol–water partition coefficient (Wildman–Crippen LogP) is 2.52. The number of benzene rings is 1. The van der Waals surface area contributed by atoms with E-state index in [0.29, 0.717) is 11.3 Å². The standard InChI is InChI=1S/C12H14N2/c1-8-4-5-9(2)11(6-8)12(14)10(3)7-13/h4-6H,14H2,1-3H3/b12-10-. The van der Waals surface area contributed by atoms with E-state index in [9.17, 15) is 0 Å². The number of rotatable bonds is 1. The number of hydrogen-bond acceptors (Lipinski definition) is 2. The van der Waals surface area contributed by atoms with Gasteiger partial charge in [0.15, 0.2) is 0 Å². The number of nitriles is 1. The van der Waals surface area contributed by atoms with Crippen LogP contribution in [0.1, 0.15) is 23.6 Å². The van der Waals surface area contributed by atoms with Crippen molar-refractivity contribution in [2.24, 2.45) is 5.73 Å². The molecule has 0 aliphatic rings. The maximum absolute atomic E-state index is 8.74. The van der Waals surface area contributed by atoms with Gasteiger partial charge in [0.05, 0.1) is 11.8 Å². The third kappa shape index (κ3) is 1.94. The molecule has 14 heavy (non-hydrogen) atoms. The van der Waals surface area contributed by atoms with E-state index >= 15 is 0 Å². The molecule has 1 aromatic carbocycles. The lowest BCUT2D eigenvalue weighted by Crippen LogP contribution is -2.01. The SMILES string of the molecule is C/C(C#N)=C(/N)c1cc(C)ccc1C. The third-order valence-electron chi connectivity index (χ3n) is 2.25. The second kappa shape index (κ2) is 3.97. The van der Waals surface area contributed by atoms with Crippen molar-refractivity contribution < 1.29 is 0 Å². The van der Waals surface area contributed by atoms with Gasteiger partial charge in [-0.3, -0.25) is 0 Å². The third-order valence-corrected chi connectivity index (χ3v) is 2.25. The zero-order valence-corrected chi connectivity index (χ0v) is 8.76. The quantitative estimate of drug-likeness (QED) is 0.685. The molecule has 0 radical (unpaired) electrons. The van der Waals surface area contributed by atoms with E-state index in [-0.39, 0.29) is 0 Å². The van der Waals surface area contributed by atoms with Crippen LogP contribution < -0.4 is 5.73 Å². The van der Waals surface area contributed by atoms with E-state index in [4.69, 9.17) is 11.0 Å². The zero-order chi connectivity index (χ0) is 10.7. The first kappa shape index (κ1) is 10.3. The van der Waals surface area contributed by atoms with Crippen LogP contribution in [-0.4, -0.2) is 0 Å². The molecular formula is C12H14N2. The van der Waals surface area contributed by atoms with Crippen LogP contribution in [0.3, 0.4) is 0 Å². The average Bonchev–Trinajstić information content (AvgIpc) is 2.19. The minimum atomic E-state index is 0.568. The van der Waals surface area contributed by atoms with Gasteiger partial charge in [-0.15, -0.1) is 0 Å². The van der Waals surface area contributed by atoms with Crippen molar-refractivity contribution in [2.75, 3.05) is 0 Å². The number of allylic oxidation sites excluding steroid dienone is 1. The van der Waals surface area contributed by atoms with Gasteiger partial charge in [0.2, 0.25) is 0 Å². The van der Waals surface area contributed by atoms with Crippen LogP contribution in [0, 0.1) is 25.2 Å². The fourth-order valence-electron chi connectivity index (χ4n) is 1.29. The van der Waals surface area contributed by atoms with E-state index in [0.717, 1.165) is 16.7 Å². The van der Waals surface area contributed by atoms with Gasteiger partial charge in [-0.25, -0.2) is 0 Å². The Morgan fingerprint density at radius 3 is 2.57 bits per heavy atom. The Balaban J connectivity index is 3.34. The zero-order valence-electron chi connectivity index (χ0n) is 8.76. The van der Waals surface area contributed by atoms with Crippen LogP contribution in [0.15, 0.2) is 23.8 Å². The van der Waals surface area contributed by atoms with Gasteiger partial charge < -0.3 is 5.73 Å². The molecule has 0 atom stereocenters. The van der Waals surface area contributed by atoms with Crippen LogP contribution in [-0.2, 0) is 0 Å². The fraction of sp³-hybridized carbons (Fsp3) is 0.250. The summed E-state index contributed by atoms with van der Waals surface area (Å²) in [6.45, 7) is 5.74. The first-order chi connectivity index (χ1) is 6.56. The van der Waals surface area contributed by atoms with Crippen molar-refractivity contribution in [2.45, 2.75) is 20.8 Å². The second-order valence-corrected chi connectivity index (χ2v) is 3.47. The molecule has 0 unspecified atom stereocenters. The largest absolute Gasteiger partial charge is 0.397 e. The van der Waals surface area contributed by atoms with Gasteiger partial charge >= 0.3 is 0 Å². The number of aryl methyl sites for hydroxylation is 2. The van der Waals surface area contributed by atoms with Crippen molar-refractivity contribution >= 4 is 5.70 Å². The number of nitrogens with two attached hydrogens (primary N) is 1. The molecule has 1 aromatic rings. The van der Waals surface area contributed by atoms with Gasteiger partial charge in [-0.2, -0.15) is 5.26 Å². The molecule has 0 aromatic heterocycles. The molecular weight excluding hydrogens is 172 g/mol. The highest BCUT2D eigenvalue weighted by molar-refractivity contribution is 5.71. The number of nitrogens with zero attached hydrogens (tertiary/aromatic N) is 1. The monoisotopic (exact) mass is 186 g/mol. The Morgan fingerprint density at radius 2 is 2.00 bits per heavy atom. The average molecular weight is 186 g/mol. The van der Waals surface area contributed by atoms with E-state index in [2.05, 4.69) is 6.07 Å². The molecule has 0 aliphatic heterocycles. The molecule has 0 saturated heterocycles. The maximum Gasteiger partial charge on any atom is 0.0965 e. The van der Waals surface area contributed by atoms with E-state index in [1.165, 1.54) is 0 Å². The van der Waals surface area contributed by atoms with Crippen LogP contribution >= 0.6 is 0 Å². The molecule has 2 heteroatoms. The smallest absolute Gasteiger partial charge is 0.0965 e. The number of hydrogen-bond donors (Lipinski definition) is 1. The summed E-state index contributed by atoms with van der Waals surface area (Å²) in [5.74, 6) is 0. The summed E-state index contributed by atoms with van der Waals surface area (Å²) in [7, 11) is 0. The maximum atomic E-state index is 8.74. The van der Waals surface area contributed by atoms with E-state index in [1.54, 1.807) is 6.92 Å². The highest BCUT2D eigenvalue weighted by Crippen LogP contribution is 2.18. The fourth-order valence-corrected chi connectivity index (χ4v) is 1.29. The molecule has 0 spiro atoms. The summed E-state index contributed by atoms with van der Waals surface area (Å²) >= 11 is 0. The summed E-state index contributed by atoms with van der Waals surface area (Å²) < 4.78 is 0. The Kier molecular flexibility index (Phi) is 2.93. The van der Waals surface area contributed by atoms with Crippen LogP contribution in [0.5, 0.6) is 0 Å². The molecule has 0 amide bonds. The summed E-state index contributed by atoms with van der Waals surface area (Å²) in [4.78, 5) is 0. The molecule has 0 heterocycles. The van der Waals surface area contributed by atoms with E-state index in [1.807, 2.05) is 32.0 Å². The van der Waals surface area contributed by atoms with Gasteiger partial charge in [0.25, 0.3) is 0 Å². The minimum Gasteiger partial charge on any atom is -0.397 e. The molecule has 0 fully saturated rings. The van der Waals surface area contributed by atoms with Crippen LogP contribution in [0.2, 0.25) is 0 Å². The van der Waals surface area contributed by atoms with Crippen molar-refractivity contribution in [3.05, 3.63) is 40.5 Å². The first-order valence-corrected chi connectivity index (χ1v) is 4.50. The summed E-state index contributed by atoms with van der Waals surface area (Å²) in [5.41, 5.74) is 10.2. The lowest BCUT2D eigenvalue weighted by atomic mass is 10.0. The topological polar surface area (TPSA) is 49.8 Å². The van der Waals surface area contributed by atoms with Crippen molar-refractivity contribution in [3.8, 4) is 6.07 Å². The van der Waals surface area contributed by atoms with Gasteiger partial charge in [0, 0.05) is 11.1 Å². The van der Waals surface area contributed by atoms with Crippen LogP contribution in [0.4, 0.5) is 0 Å². The Morgan fingerprint density at radius 1 is 1.36 bits per heavy atom. The van der Waals surface area contributed by atoms with E-state index < -0.39 is 0 Å². The Bertz CT molecular complexity index is 422. The predicted molar refractivity (Wildman–Crippen MR) is 58.3 cm³/mol. The van der Waals surface area contributed by atoms with Gasteiger partial charge in [-0.1, -0.05) is 17.7 Å². The Labute approximate surface area is 84.7 Å². The lowest BCUT2D eigenvalue weighted by molar-refractivity contribution is 1.32. The minimum absolute atomic E-state index is 0.568. The summed E-state index contributed by atoms with van der Waals surface area (Å²) in [6.07, 6.45) is 0. The first-order valence-electron chi connectivity index (χ1n) is 4.50. The Hall–Kier alpha value is -1.75. The lowest BCUT2D eigenvalue weighted by Gasteiger charge is -2.07. The molecule has 0 aliphatic carbocycles.